The van der Waals surface area contributed by atoms with Crippen LogP contribution >= 0.6 is 7.82 Å². The molecule has 0 fully saturated rings. The minimum absolute atomic E-state index is 0. The molecule has 0 aromatic carbocycles. The Morgan fingerprint density at radius 1 is 1.36 bits per heavy atom. The zero-order valence-electron chi connectivity index (χ0n) is 10.6. The van der Waals surface area contributed by atoms with Gasteiger partial charge in [0.25, 0.3) is 0 Å². The molecule has 0 heterocycles. The fourth-order valence-corrected chi connectivity index (χ4v) is 0.631. The van der Waals surface area contributed by atoms with E-state index >= 15 is 0 Å². The molecule has 0 aromatic rings. The van der Waals surface area contributed by atoms with Crippen molar-refractivity contribution >= 4 is 7.82 Å². The second-order valence-corrected chi connectivity index (χ2v) is 2.56. The van der Waals surface area contributed by atoms with Gasteiger partial charge in [-0.25, -0.2) is 4.57 Å². The average Bonchev–Trinajstić information content (AvgIpc) is 1.59. The maximum absolute atomic E-state index is 9.86. The summed E-state index contributed by atoms with van der Waals surface area (Å²) in [6, 6.07) is 0. The van der Waals surface area contributed by atoms with E-state index in [0.717, 1.165) is 0 Å². The van der Waals surface area contributed by atoms with E-state index in [9.17, 15) is 4.57 Å². The first-order chi connectivity index (χ1) is 3.56. The Bertz CT molecular complexity index is 115. The topological polar surface area (TPSA) is 66.8 Å². The molecule has 0 spiro atoms. The van der Waals surface area contributed by atoms with Crippen molar-refractivity contribution < 1.29 is 177 Å². The van der Waals surface area contributed by atoms with Crippen molar-refractivity contribution in [3.63, 3.8) is 0 Å². The van der Waals surface area contributed by atoms with Gasteiger partial charge in [-0.3, -0.25) is 4.52 Å². The van der Waals surface area contributed by atoms with Crippen LogP contribution in [0.1, 0.15) is 17.6 Å². The summed E-state index contributed by atoms with van der Waals surface area (Å²) < 4.78 is 13.9. The molecule has 11 heavy (non-hydrogen) atoms. The first-order valence-electron chi connectivity index (χ1n) is 2.26. The number of phosphoric ester groups is 1. The molecular weight excluding hydrogens is 248 g/mol. The summed E-state index contributed by atoms with van der Waals surface area (Å²) in [5.41, 5.74) is 0. The fourth-order valence-electron chi connectivity index (χ4n) is 0.210. The third kappa shape index (κ3) is 25.4. The smallest absolute Gasteiger partial charge is 1.00 e. The second kappa shape index (κ2) is 15.0. The van der Waals surface area contributed by atoms with Crippen LogP contribution in [0, 0.1) is 0 Å². The second-order valence-electron chi connectivity index (χ2n) is 1.32. The maximum Gasteiger partial charge on any atom is 1.00 e. The van der Waals surface area contributed by atoms with Gasteiger partial charge in [-0.2, -0.15) is 0 Å². The number of hydrogen-bond donors (Lipinski definition) is 2. The number of hydrogen-bond acceptors (Lipinski definition) is 2. The summed E-state index contributed by atoms with van der Waals surface area (Å²) >= 11 is 0. The fraction of sp³-hybridized carbons (Fsp3) is 1.00. The molecular formula is C3H12K3O4P. The normalized spacial score (nSPS) is 8.64. The zero-order valence-corrected chi connectivity index (χ0v) is 17.8. The summed E-state index contributed by atoms with van der Waals surface area (Å²) in [4.78, 5) is 16.1. The molecule has 56 valence electrons. The van der Waals surface area contributed by atoms with Crippen molar-refractivity contribution in [1.29, 1.82) is 0 Å². The Morgan fingerprint density at radius 2 is 1.73 bits per heavy atom. The van der Waals surface area contributed by atoms with Gasteiger partial charge < -0.3 is 14.1 Å². The van der Waals surface area contributed by atoms with Gasteiger partial charge >= 0.3 is 162 Å². The first-order valence-corrected chi connectivity index (χ1v) is 3.79. The van der Waals surface area contributed by atoms with Gasteiger partial charge in [0.2, 0.25) is 0 Å². The minimum atomic E-state index is -4.18. The van der Waals surface area contributed by atoms with Crippen molar-refractivity contribution in [2.75, 3.05) is 6.61 Å². The third-order valence-electron chi connectivity index (χ3n) is 0.464. The Balaban J connectivity index is -0.0000000163. The molecule has 8 heteroatoms. The maximum atomic E-state index is 9.86. The van der Waals surface area contributed by atoms with Crippen LogP contribution in [0.5, 0.6) is 0 Å². The van der Waals surface area contributed by atoms with Crippen molar-refractivity contribution in [2.45, 2.75) is 13.3 Å². The van der Waals surface area contributed by atoms with Gasteiger partial charge in [-0.05, 0) is 6.42 Å². The van der Waals surface area contributed by atoms with E-state index in [2.05, 4.69) is 4.52 Å². The summed E-state index contributed by atoms with van der Waals surface area (Å²) in [6.07, 6.45) is 0.616. The molecule has 0 aliphatic heterocycles. The zero-order chi connectivity index (χ0) is 6.62. The van der Waals surface area contributed by atoms with Crippen LogP contribution in [0.15, 0.2) is 0 Å². The predicted molar refractivity (Wildman–Crippen MR) is 31.6 cm³/mol. The molecule has 0 amide bonds. The third-order valence-corrected chi connectivity index (χ3v) is 0.983. The van der Waals surface area contributed by atoms with E-state index in [-0.39, 0.29) is 165 Å². The van der Waals surface area contributed by atoms with E-state index in [4.69, 9.17) is 9.79 Å². The summed E-state index contributed by atoms with van der Waals surface area (Å²) in [5, 5.41) is 0. The molecule has 0 aliphatic carbocycles. The van der Waals surface area contributed by atoms with Crippen molar-refractivity contribution in [3.8, 4) is 0 Å². The Labute approximate surface area is 199 Å². The van der Waals surface area contributed by atoms with Crippen LogP contribution in [0.25, 0.3) is 0 Å². The molecule has 0 saturated heterocycles. The molecule has 4 nitrogen and oxygen atoms in total. The number of phosphoric acid groups is 1. The van der Waals surface area contributed by atoms with Gasteiger partial charge in [0.05, 0.1) is 6.61 Å². The van der Waals surface area contributed by atoms with Gasteiger partial charge in [-0.1, -0.05) is 6.92 Å². The Kier molecular flexibility index (Phi) is 34.2. The van der Waals surface area contributed by atoms with Gasteiger partial charge in [0.15, 0.2) is 0 Å². The van der Waals surface area contributed by atoms with Crippen LogP contribution in [0.3, 0.4) is 0 Å². The van der Waals surface area contributed by atoms with Crippen LogP contribution in [-0.4, -0.2) is 16.4 Å². The Morgan fingerprint density at radius 3 is 1.82 bits per heavy atom. The quantitative estimate of drug-likeness (QED) is 0.391. The molecule has 0 bridgehead atoms. The summed E-state index contributed by atoms with van der Waals surface area (Å²) in [7, 11) is -4.18. The van der Waals surface area contributed by atoms with Crippen molar-refractivity contribution in [1.82, 2.24) is 0 Å². The van der Waals surface area contributed by atoms with E-state index in [1.165, 1.54) is 0 Å². The molecule has 0 unspecified atom stereocenters. The Hall–Kier alpha value is 5.02. The molecule has 0 atom stereocenters. The van der Waals surface area contributed by atoms with E-state index in [1.807, 2.05) is 0 Å². The summed E-state index contributed by atoms with van der Waals surface area (Å²) in [6.45, 7) is 1.89. The average molecular weight is 260 g/mol. The molecule has 2 N–H and O–H groups in total. The van der Waals surface area contributed by atoms with E-state index in [1.54, 1.807) is 6.92 Å². The molecule has 0 aliphatic rings. The molecule has 0 radical (unpaired) electrons. The molecule has 0 saturated carbocycles. The monoisotopic (exact) mass is 260 g/mol. The van der Waals surface area contributed by atoms with Gasteiger partial charge in [0.1, 0.15) is 0 Å². The van der Waals surface area contributed by atoms with Gasteiger partial charge in [-0.15, -0.1) is 0 Å². The van der Waals surface area contributed by atoms with Crippen LogP contribution in [0.2, 0.25) is 0 Å². The van der Waals surface area contributed by atoms with Crippen molar-refractivity contribution in [2.24, 2.45) is 0 Å². The predicted octanol–water partition coefficient (Wildman–Crippen LogP) is -8.14. The van der Waals surface area contributed by atoms with Crippen LogP contribution in [0.4, 0.5) is 0 Å². The minimum Gasteiger partial charge on any atom is -1.00 e. The standard InChI is InChI=1S/C3H9O4P.3K.3H/c1-2-3-7-8(4,5)6;;;;;;/h2-3H2,1H3,(H2,4,5,6);;;;;;/q;3*+1;3*-1. The molecule has 0 rings (SSSR count). The van der Waals surface area contributed by atoms with E-state index in [0.29, 0.717) is 6.42 Å². The molecule has 0 aromatic heterocycles. The van der Waals surface area contributed by atoms with Crippen LogP contribution in [-0.2, 0) is 9.09 Å². The summed E-state index contributed by atoms with van der Waals surface area (Å²) in [5.74, 6) is 0. The number of rotatable bonds is 3. The van der Waals surface area contributed by atoms with E-state index < -0.39 is 7.82 Å². The largest absolute Gasteiger partial charge is 1.00 e. The van der Waals surface area contributed by atoms with Crippen molar-refractivity contribution in [3.05, 3.63) is 0 Å². The SMILES string of the molecule is CCCOP(=O)(O)O.[H-].[H-].[H-].[K+].[K+].[K+]. The first kappa shape index (κ1) is 25.0. The van der Waals surface area contributed by atoms with Crippen LogP contribution < -0.4 is 154 Å². The van der Waals surface area contributed by atoms with Gasteiger partial charge in [0, 0.05) is 0 Å².